The molecule has 7 heteroatoms. The Balaban J connectivity index is 1.48. The van der Waals surface area contributed by atoms with E-state index in [1.54, 1.807) is 24.0 Å². The highest BCUT2D eigenvalue weighted by molar-refractivity contribution is 9.10. The number of amides is 2. The predicted molar refractivity (Wildman–Crippen MR) is 98.0 cm³/mol. The number of halogens is 2. The van der Waals surface area contributed by atoms with Crippen LogP contribution in [0.5, 0.6) is 0 Å². The van der Waals surface area contributed by atoms with Gasteiger partial charge in [0, 0.05) is 31.6 Å². The number of benzene rings is 1. The van der Waals surface area contributed by atoms with Gasteiger partial charge in [0.2, 0.25) is 5.91 Å². The van der Waals surface area contributed by atoms with E-state index in [4.69, 9.17) is 4.42 Å². The normalized spacial score (nSPS) is 15.1. The summed E-state index contributed by atoms with van der Waals surface area (Å²) >= 11 is 3.18. The Morgan fingerprint density at radius 2 is 2.04 bits per heavy atom. The maximum absolute atomic E-state index is 13.6. The topological polar surface area (TPSA) is 62.6 Å². The van der Waals surface area contributed by atoms with E-state index < -0.39 is 0 Å². The summed E-state index contributed by atoms with van der Waals surface area (Å²) in [5, 5.41) is 2.86. The molecule has 5 nitrogen and oxygen atoms in total. The van der Waals surface area contributed by atoms with Gasteiger partial charge >= 0.3 is 0 Å². The molecule has 1 aromatic carbocycles. The minimum atomic E-state index is -0.269. The van der Waals surface area contributed by atoms with E-state index in [1.807, 2.05) is 6.07 Å². The molecule has 3 rings (SSSR count). The lowest BCUT2D eigenvalue weighted by atomic mass is 9.95. The summed E-state index contributed by atoms with van der Waals surface area (Å²) in [4.78, 5) is 26.4. The van der Waals surface area contributed by atoms with Gasteiger partial charge < -0.3 is 14.6 Å². The van der Waals surface area contributed by atoms with Crippen LogP contribution in [0.25, 0.3) is 0 Å². The van der Waals surface area contributed by atoms with Crippen molar-refractivity contribution in [2.24, 2.45) is 5.92 Å². The molecule has 1 aliphatic heterocycles. The Bertz CT molecular complexity index is 813. The number of furan rings is 1. The summed E-state index contributed by atoms with van der Waals surface area (Å²) in [6.45, 7) is 3.06. The van der Waals surface area contributed by atoms with Crippen molar-refractivity contribution in [1.29, 1.82) is 0 Å². The van der Waals surface area contributed by atoms with Crippen LogP contribution in [0, 0.1) is 18.7 Å². The highest BCUT2D eigenvalue weighted by Crippen LogP contribution is 2.21. The smallest absolute Gasteiger partial charge is 0.257 e. The molecule has 1 aromatic heterocycles. The van der Waals surface area contributed by atoms with Crippen LogP contribution in [0.1, 0.15) is 34.3 Å². The number of carbonyl (C=O) groups excluding carboxylic acids is 2. The minimum absolute atomic E-state index is 0.0517. The van der Waals surface area contributed by atoms with Crippen LogP contribution in [0.4, 0.5) is 4.39 Å². The Morgan fingerprint density at radius 1 is 1.31 bits per heavy atom. The summed E-state index contributed by atoms with van der Waals surface area (Å²) in [6.07, 6.45) is 2.64. The van der Waals surface area contributed by atoms with E-state index in [9.17, 15) is 14.0 Å². The molecule has 0 aliphatic carbocycles. The first kappa shape index (κ1) is 18.6. The van der Waals surface area contributed by atoms with Gasteiger partial charge in [-0.05, 0) is 52.9 Å². The number of carbonyl (C=O) groups is 2. The largest absolute Gasteiger partial charge is 0.457 e. The number of nitrogens with zero attached hydrogens (tertiary/aromatic N) is 1. The standard InChI is InChI=1S/C19H20BrFN2O3/c1-12-2-3-13(8-16(12)21)10-22-18(24)14-4-6-23(7-5-14)19(25)15-9-17(20)26-11-15/h2-3,8-9,11,14H,4-7,10H2,1H3,(H,22,24). The highest BCUT2D eigenvalue weighted by Gasteiger charge is 2.28. The zero-order valence-electron chi connectivity index (χ0n) is 14.4. The van der Waals surface area contributed by atoms with E-state index in [2.05, 4.69) is 21.2 Å². The first-order chi connectivity index (χ1) is 12.4. The number of rotatable bonds is 4. The lowest BCUT2D eigenvalue weighted by Gasteiger charge is -2.31. The van der Waals surface area contributed by atoms with Gasteiger partial charge in [0.15, 0.2) is 4.67 Å². The quantitative estimate of drug-likeness (QED) is 0.817. The number of hydrogen-bond donors (Lipinski definition) is 1. The maximum Gasteiger partial charge on any atom is 0.257 e. The fourth-order valence-corrected chi connectivity index (χ4v) is 3.37. The average Bonchev–Trinajstić information content (AvgIpc) is 3.08. The molecule has 1 N–H and O–H groups in total. The van der Waals surface area contributed by atoms with Crippen molar-refractivity contribution in [2.75, 3.05) is 13.1 Å². The summed E-state index contributed by atoms with van der Waals surface area (Å²) in [6, 6.07) is 6.60. The number of nitrogens with one attached hydrogen (secondary N) is 1. The van der Waals surface area contributed by atoms with E-state index in [0.717, 1.165) is 5.56 Å². The van der Waals surface area contributed by atoms with E-state index >= 15 is 0 Å². The Kier molecular flexibility index (Phi) is 5.76. The van der Waals surface area contributed by atoms with Crippen LogP contribution in [-0.4, -0.2) is 29.8 Å². The van der Waals surface area contributed by atoms with Gasteiger partial charge in [-0.3, -0.25) is 9.59 Å². The molecule has 0 bridgehead atoms. The molecule has 2 amide bonds. The number of aryl methyl sites for hydroxylation is 1. The molecule has 0 radical (unpaired) electrons. The fourth-order valence-electron chi connectivity index (χ4n) is 3.03. The van der Waals surface area contributed by atoms with Crippen LogP contribution < -0.4 is 5.32 Å². The second-order valence-corrected chi connectivity index (χ2v) is 7.29. The third-order valence-electron chi connectivity index (χ3n) is 4.67. The molecule has 2 heterocycles. The van der Waals surface area contributed by atoms with Crippen LogP contribution in [0.2, 0.25) is 0 Å². The fraction of sp³-hybridized carbons (Fsp3) is 0.368. The average molecular weight is 423 g/mol. The highest BCUT2D eigenvalue weighted by atomic mass is 79.9. The molecule has 0 saturated carbocycles. The molecule has 1 fully saturated rings. The van der Waals surface area contributed by atoms with Crippen molar-refractivity contribution in [1.82, 2.24) is 10.2 Å². The SMILES string of the molecule is Cc1ccc(CNC(=O)C2CCN(C(=O)c3coc(Br)c3)CC2)cc1F. The molecule has 1 saturated heterocycles. The molecule has 2 aromatic rings. The zero-order valence-corrected chi connectivity index (χ0v) is 16.0. The molecular weight excluding hydrogens is 403 g/mol. The molecule has 26 heavy (non-hydrogen) atoms. The Hall–Kier alpha value is -2.15. The molecular formula is C19H20BrFN2O3. The zero-order chi connectivity index (χ0) is 18.7. The summed E-state index contributed by atoms with van der Waals surface area (Å²) in [5.41, 5.74) is 1.82. The predicted octanol–water partition coefficient (Wildman–Crippen LogP) is 3.66. The number of hydrogen-bond acceptors (Lipinski definition) is 3. The minimum Gasteiger partial charge on any atom is -0.457 e. The first-order valence-electron chi connectivity index (χ1n) is 8.50. The van der Waals surface area contributed by atoms with E-state index in [0.29, 0.717) is 48.3 Å². The Labute approximate surface area is 159 Å². The summed E-state index contributed by atoms with van der Waals surface area (Å²) < 4.78 is 19.2. The van der Waals surface area contributed by atoms with Crippen molar-refractivity contribution < 1.29 is 18.4 Å². The van der Waals surface area contributed by atoms with Crippen molar-refractivity contribution in [3.8, 4) is 0 Å². The van der Waals surface area contributed by atoms with Crippen LogP contribution >= 0.6 is 15.9 Å². The molecule has 1 aliphatic rings. The van der Waals surface area contributed by atoms with Gasteiger partial charge in [0.25, 0.3) is 5.91 Å². The van der Waals surface area contributed by atoms with Crippen molar-refractivity contribution >= 4 is 27.7 Å². The van der Waals surface area contributed by atoms with Gasteiger partial charge in [-0.2, -0.15) is 0 Å². The van der Waals surface area contributed by atoms with Gasteiger partial charge in [-0.1, -0.05) is 12.1 Å². The lowest BCUT2D eigenvalue weighted by molar-refractivity contribution is -0.126. The number of piperidine rings is 1. The van der Waals surface area contributed by atoms with Gasteiger partial charge in [0.1, 0.15) is 12.1 Å². The second kappa shape index (κ2) is 8.03. The van der Waals surface area contributed by atoms with Crippen molar-refractivity contribution in [3.05, 3.63) is 57.7 Å². The second-order valence-electron chi connectivity index (χ2n) is 6.51. The van der Waals surface area contributed by atoms with E-state index in [-0.39, 0.29) is 23.5 Å². The third kappa shape index (κ3) is 4.33. The summed E-state index contributed by atoms with van der Waals surface area (Å²) in [7, 11) is 0. The molecule has 0 unspecified atom stereocenters. The van der Waals surface area contributed by atoms with Crippen LogP contribution in [0.3, 0.4) is 0 Å². The third-order valence-corrected chi connectivity index (χ3v) is 5.09. The van der Waals surface area contributed by atoms with Crippen LogP contribution in [-0.2, 0) is 11.3 Å². The molecule has 0 atom stereocenters. The number of likely N-dealkylation sites (tertiary alicyclic amines) is 1. The maximum atomic E-state index is 13.6. The van der Waals surface area contributed by atoms with E-state index in [1.165, 1.54) is 12.3 Å². The first-order valence-corrected chi connectivity index (χ1v) is 9.29. The van der Waals surface area contributed by atoms with Crippen molar-refractivity contribution in [2.45, 2.75) is 26.3 Å². The van der Waals surface area contributed by atoms with Crippen LogP contribution in [0.15, 0.2) is 39.6 Å². The lowest BCUT2D eigenvalue weighted by Crippen LogP contribution is -2.42. The monoisotopic (exact) mass is 422 g/mol. The van der Waals surface area contributed by atoms with Gasteiger partial charge in [-0.25, -0.2) is 4.39 Å². The molecule has 138 valence electrons. The summed E-state index contributed by atoms with van der Waals surface area (Å²) in [5.74, 6) is -0.544. The molecule has 0 spiro atoms. The van der Waals surface area contributed by atoms with Gasteiger partial charge in [-0.15, -0.1) is 0 Å². The van der Waals surface area contributed by atoms with Gasteiger partial charge in [0.05, 0.1) is 5.56 Å². The van der Waals surface area contributed by atoms with Crippen molar-refractivity contribution in [3.63, 3.8) is 0 Å². The Morgan fingerprint density at radius 3 is 2.65 bits per heavy atom.